The van der Waals surface area contributed by atoms with Crippen molar-refractivity contribution in [3.63, 3.8) is 0 Å². The molecule has 3 aromatic rings. The Balaban J connectivity index is 1.44. The molecule has 4 heterocycles. The lowest BCUT2D eigenvalue weighted by atomic mass is 10.2. The normalized spacial score (nSPS) is 18.5. The summed E-state index contributed by atoms with van der Waals surface area (Å²) in [4.78, 5) is 14.9. The quantitative estimate of drug-likeness (QED) is 0.703. The fourth-order valence-electron chi connectivity index (χ4n) is 2.96. The van der Waals surface area contributed by atoms with E-state index in [1.807, 2.05) is 16.8 Å². The number of nitrogens with zero attached hydrogens (tertiary/aromatic N) is 7. The van der Waals surface area contributed by atoms with Crippen LogP contribution in [0.4, 0.5) is 0 Å². The second-order valence-electron chi connectivity index (χ2n) is 5.64. The van der Waals surface area contributed by atoms with Gasteiger partial charge < -0.3 is 4.52 Å². The highest BCUT2D eigenvalue weighted by Gasteiger charge is 2.26. The first kappa shape index (κ1) is 14.0. The minimum absolute atomic E-state index is 0.422. The maximum absolute atomic E-state index is 5.40. The number of rotatable bonds is 5. The third-order valence-electron chi connectivity index (χ3n) is 4.09. The van der Waals surface area contributed by atoms with Crippen LogP contribution in [0.2, 0.25) is 0 Å². The van der Waals surface area contributed by atoms with Gasteiger partial charge in [0.05, 0.1) is 13.1 Å². The van der Waals surface area contributed by atoms with Crippen LogP contribution in [0.3, 0.4) is 0 Å². The molecule has 1 saturated heterocycles. The van der Waals surface area contributed by atoms with Gasteiger partial charge in [-0.15, -0.1) is 0 Å². The molecule has 1 aliphatic heterocycles. The second-order valence-corrected chi connectivity index (χ2v) is 5.64. The van der Waals surface area contributed by atoms with Crippen LogP contribution in [-0.4, -0.2) is 47.4 Å². The number of hydrogen-bond donors (Lipinski definition) is 0. The zero-order valence-corrected chi connectivity index (χ0v) is 12.6. The first-order valence-corrected chi connectivity index (χ1v) is 7.68. The molecule has 0 radical (unpaired) electrons. The van der Waals surface area contributed by atoms with Gasteiger partial charge in [0.15, 0.2) is 0 Å². The maximum atomic E-state index is 5.40. The molecule has 3 aromatic heterocycles. The summed E-state index contributed by atoms with van der Waals surface area (Å²) in [6, 6.07) is 4.20. The lowest BCUT2D eigenvalue weighted by Gasteiger charge is -2.22. The van der Waals surface area contributed by atoms with Gasteiger partial charge in [-0.2, -0.15) is 10.1 Å². The highest BCUT2D eigenvalue weighted by molar-refractivity contribution is 5.51. The highest BCUT2D eigenvalue weighted by Crippen LogP contribution is 2.22. The fourth-order valence-corrected chi connectivity index (χ4v) is 2.96. The molecule has 23 heavy (non-hydrogen) atoms. The Labute approximate surface area is 133 Å². The second kappa shape index (κ2) is 6.25. The van der Waals surface area contributed by atoms with Crippen LogP contribution in [0.1, 0.15) is 18.7 Å². The average Bonchev–Trinajstić information content (AvgIpc) is 3.33. The van der Waals surface area contributed by atoms with Crippen LogP contribution >= 0.6 is 0 Å². The number of hydrogen-bond acceptors (Lipinski definition) is 7. The summed E-state index contributed by atoms with van der Waals surface area (Å²) in [6.07, 6.45) is 9.09. The van der Waals surface area contributed by atoms with Gasteiger partial charge in [-0.05, 0) is 31.5 Å². The van der Waals surface area contributed by atoms with Gasteiger partial charge in [-0.1, -0.05) is 5.16 Å². The smallest absolute Gasteiger partial charge is 0.241 e. The first-order chi connectivity index (χ1) is 11.4. The van der Waals surface area contributed by atoms with E-state index in [4.69, 9.17) is 4.52 Å². The molecule has 0 aliphatic carbocycles. The van der Waals surface area contributed by atoms with E-state index in [2.05, 4.69) is 30.1 Å². The summed E-state index contributed by atoms with van der Waals surface area (Å²) >= 11 is 0. The van der Waals surface area contributed by atoms with E-state index >= 15 is 0 Å². The molecular weight excluding hydrogens is 294 g/mol. The van der Waals surface area contributed by atoms with Gasteiger partial charge in [0, 0.05) is 24.0 Å². The third kappa shape index (κ3) is 3.11. The minimum atomic E-state index is 0.422. The third-order valence-corrected chi connectivity index (χ3v) is 4.09. The summed E-state index contributed by atoms with van der Waals surface area (Å²) in [6.45, 7) is 2.53. The summed E-state index contributed by atoms with van der Waals surface area (Å²) in [5.41, 5.74) is 0.864. The SMILES string of the molecule is c1cncc(-c2noc(CN3CCC[C@H]3Cn3cncn3)n2)c1. The molecule has 0 N–H and O–H groups in total. The van der Waals surface area contributed by atoms with E-state index < -0.39 is 0 Å². The lowest BCUT2D eigenvalue weighted by molar-refractivity contribution is 0.192. The van der Waals surface area contributed by atoms with Crippen molar-refractivity contribution >= 4 is 0 Å². The van der Waals surface area contributed by atoms with Gasteiger partial charge in [0.25, 0.3) is 0 Å². The van der Waals surface area contributed by atoms with E-state index in [0.29, 0.717) is 24.3 Å². The molecule has 0 bridgehead atoms. The van der Waals surface area contributed by atoms with Crippen molar-refractivity contribution in [3.05, 3.63) is 43.1 Å². The molecule has 0 amide bonds. The first-order valence-electron chi connectivity index (χ1n) is 7.68. The standard InChI is InChI=1S/C15H17N7O/c1-3-12(7-16-5-1)15-19-14(23-20-15)9-21-6-2-4-13(21)8-22-11-17-10-18-22/h1,3,5,7,10-11,13H,2,4,6,8-9H2/t13-/m0/s1. The van der Waals surface area contributed by atoms with Crippen molar-refractivity contribution < 1.29 is 4.52 Å². The van der Waals surface area contributed by atoms with Crippen molar-refractivity contribution in [2.45, 2.75) is 32.0 Å². The Hall–Kier alpha value is -2.61. The summed E-state index contributed by atoms with van der Waals surface area (Å²) < 4.78 is 7.27. The van der Waals surface area contributed by atoms with Gasteiger partial charge >= 0.3 is 0 Å². The molecule has 0 saturated carbocycles. The van der Waals surface area contributed by atoms with Crippen molar-refractivity contribution in [1.29, 1.82) is 0 Å². The molecule has 8 nitrogen and oxygen atoms in total. The van der Waals surface area contributed by atoms with Crippen molar-refractivity contribution in [2.24, 2.45) is 0 Å². The Morgan fingerprint density at radius 1 is 1.30 bits per heavy atom. The molecule has 4 rings (SSSR count). The van der Waals surface area contributed by atoms with Crippen molar-refractivity contribution in [1.82, 2.24) is 34.8 Å². The fraction of sp³-hybridized carbons (Fsp3) is 0.400. The van der Waals surface area contributed by atoms with Crippen molar-refractivity contribution in [3.8, 4) is 11.4 Å². The van der Waals surface area contributed by atoms with Crippen LogP contribution in [0, 0.1) is 0 Å². The molecule has 1 atom stereocenters. The van der Waals surface area contributed by atoms with Crippen LogP contribution in [0.5, 0.6) is 0 Å². The van der Waals surface area contributed by atoms with E-state index in [1.54, 1.807) is 25.0 Å². The van der Waals surface area contributed by atoms with E-state index in [9.17, 15) is 0 Å². The van der Waals surface area contributed by atoms with Gasteiger partial charge in [0.2, 0.25) is 11.7 Å². The van der Waals surface area contributed by atoms with Gasteiger partial charge in [0.1, 0.15) is 12.7 Å². The topological polar surface area (TPSA) is 85.8 Å². The van der Waals surface area contributed by atoms with E-state index in [0.717, 1.165) is 25.1 Å². The Morgan fingerprint density at radius 2 is 2.30 bits per heavy atom. The highest BCUT2D eigenvalue weighted by atomic mass is 16.5. The maximum Gasteiger partial charge on any atom is 0.241 e. The van der Waals surface area contributed by atoms with Gasteiger partial charge in [-0.25, -0.2) is 4.98 Å². The molecular formula is C15H17N7O. The Bertz CT molecular complexity index is 740. The molecule has 0 unspecified atom stereocenters. The lowest BCUT2D eigenvalue weighted by Crippen LogP contribution is -2.32. The van der Waals surface area contributed by atoms with Crippen LogP contribution in [-0.2, 0) is 13.1 Å². The summed E-state index contributed by atoms with van der Waals surface area (Å²) in [5.74, 6) is 1.22. The Kier molecular flexibility index (Phi) is 3.81. The summed E-state index contributed by atoms with van der Waals surface area (Å²) in [5, 5.41) is 8.23. The van der Waals surface area contributed by atoms with Crippen LogP contribution in [0.15, 0.2) is 41.7 Å². The van der Waals surface area contributed by atoms with E-state index in [-0.39, 0.29) is 0 Å². The molecule has 0 aromatic carbocycles. The number of likely N-dealkylation sites (tertiary alicyclic amines) is 1. The predicted octanol–water partition coefficient (Wildman–Crippen LogP) is 1.39. The molecule has 1 fully saturated rings. The van der Waals surface area contributed by atoms with Crippen molar-refractivity contribution in [2.75, 3.05) is 6.54 Å². The zero-order valence-electron chi connectivity index (χ0n) is 12.6. The minimum Gasteiger partial charge on any atom is -0.338 e. The molecule has 0 spiro atoms. The molecule has 118 valence electrons. The zero-order chi connectivity index (χ0) is 15.5. The summed E-state index contributed by atoms with van der Waals surface area (Å²) in [7, 11) is 0. The average molecular weight is 311 g/mol. The predicted molar refractivity (Wildman–Crippen MR) is 81.0 cm³/mol. The number of aromatic nitrogens is 6. The monoisotopic (exact) mass is 311 g/mol. The van der Waals surface area contributed by atoms with E-state index in [1.165, 1.54) is 6.42 Å². The molecule has 8 heteroatoms. The Morgan fingerprint density at radius 3 is 3.13 bits per heavy atom. The largest absolute Gasteiger partial charge is 0.338 e. The van der Waals surface area contributed by atoms with Crippen LogP contribution in [0.25, 0.3) is 11.4 Å². The molecule has 1 aliphatic rings. The van der Waals surface area contributed by atoms with Crippen LogP contribution < -0.4 is 0 Å². The number of pyridine rings is 1. The van der Waals surface area contributed by atoms with Gasteiger partial charge in [-0.3, -0.25) is 14.6 Å².